The molecule has 1 aromatic heterocycles. The molecule has 0 aliphatic carbocycles. The third-order valence-corrected chi connectivity index (χ3v) is 5.62. The number of benzene rings is 2. The molecule has 0 aliphatic rings. The summed E-state index contributed by atoms with van der Waals surface area (Å²) in [5, 5.41) is 2.87. The maximum atomic E-state index is 12.7. The highest BCUT2D eigenvalue weighted by Crippen LogP contribution is 2.22. The van der Waals surface area contributed by atoms with E-state index in [2.05, 4.69) is 54.8 Å². The van der Waals surface area contributed by atoms with Crippen LogP contribution in [0.25, 0.3) is 0 Å². The summed E-state index contributed by atoms with van der Waals surface area (Å²) in [5.74, 6) is 1.40. The Morgan fingerprint density at radius 3 is 2.47 bits per heavy atom. The third-order valence-electron chi connectivity index (χ3n) is 4.95. The minimum absolute atomic E-state index is 0.243. The Kier molecular flexibility index (Phi) is 8.29. The molecule has 0 atom stereocenters. The number of methoxy groups -OCH3 is 1. The molecule has 0 spiro atoms. The molecule has 0 saturated carbocycles. The average Bonchev–Trinajstić information content (AvgIpc) is 2.79. The topological polar surface area (TPSA) is 83.7 Å². The van der Waals surface area contributed by atoms with E-state index in [9.17, 15) is 4.79 Å². The Morgan fingerprint density at radius 1 is 1.09 bits per heavy atom. The fourth-order valence-electron chi connectivity index (χ4n) is 3.09. The number of amides is 1. The van der Waals surface area contributed by atoms with Crippen molar-refractivity contribution in [3.63, 3.8) is 0 Å². The van der Waals surface area contributed by atoms with Gasteiger partial charge in [-0.25, -0.2) is 4.98 Å². The lowest BCUT2D eigenvalue weighted by atomic mass is 10.2. The number of pyridine rings is 1. The van der Waals surface area contributed by atoms with Crippen molar-refractivity contribution in [3.05, 3.63) is 75.5 Å². The second kappa shape index (κ2) is 11.1. The number of nitrogens with two attached hydrogens (primary N) is 1. The molecule has 0 radical (unpaired) electrons. The van der Waals surface area contributed by atoms with Gasteiger partial charge in [0.05, 0.1) is 24.0 Å². The van der Waals surface area contributed by atoms with E-state index in [0.29, 0.717) is 23.5 Å². The van der Waals surface area contributed by atoms with Gasteiger partial charge in [-0.2, -0.15) is 0 Å². The van der Waals surface area contributed by atoms with Crippen molar-refractivity contribution < 1.29 is 9.53 Å². The first kappa shape index (κ1) is 23.8. The van der Waals surface area contributed by atoms with Gasteiger partial charge in [-0.15, -0.1) is 0 Å². The molecule has 0 unspecified atom stereocenters. The van der Waals surface area contributed by atoms with Crippen LogP contribution in [0.1, 0.15) is 15.9 Å². The van der Waals surface area contributed by atoms with Crippen LogP contribution in [0.15, 0.2) is 60.8 Å². The number of carbonyl (C=O) groups excluding carboxylic acids is 1. The van der Waals surface area contributed by atoms with Crippen LogP contribution in [-0.2, 0) is 6.54 Å². The largest absolute Gasteiger partial charge is 0.497 e. The number of hydrogen-bond acceptors (Lipinski definition) is 6. The Bertz CT molecular complexity index is 1040. The fourth-order valence-corrected chi connectivity index (χ4v) is 3.58. The lowest BCUT2D eigenvalue weighted by molar-refractivity contribution is 0.102. The molecule has 0 bridgehead atoms. The van der Waals surface area contributed by atoms with Crippen LogP contribution in [0.5, 0.6) is 5.75 Å². The highest BCUT2D eigenvalue weighted by molar-refractivity contribution is 14.1. The fraction of sp³-hybridized carbons (Fsp3) is 0.250. The van der Waals surface area contributed by atoms with E-state index in [4.69, 9.17) is 10.5 Å². The van der Waals surface area contributed by atoms with Crippen molar-refractivity contribution in [1.82, 2.24) is 9.88 Å². The predicted molar refractivity (Wildman–Crippen MR) is 138 cm³/mol. The number of halogens is 1. The third kappa shape index (κ3) is 6.57. The predicted octanol–water partition coefficient (Wildman–Crippen LogP) is 4.10. The number of nitrogen functional groups attached to an aromatic ring is 1. The second-order valence-electron chi connectivity index (χ2n) is 7.66. The molecular weight excluding hydrogens is 517 g/mol. The molecule has 1 heterocycles. The molecule has 3 aromatic rings. The molecule has 0 fully saturated rings. The van der Waals surface area contributed by atoms with E-state index in [1.54, 1.807) is 25.4 Å². The summed E-state index contributed by atoms with van der Waals surface area (Å²) in [7, 11) is 5.75. The lowest BCUT2D eigenvalue weighted by Gasteiger charge is -2.25. The van der Waals surface area contributed by atoms with Crippen molar-refractivity contribution in [2.75, 3.05) is 50.2 Å². The van der Waals surface area contributed by atoms with Gasteiger partial charge in [0.2, 0.25) is 0 Å². The molecule has 32 heavy (non-hydrogen) atoms. The molecule has 168 valence electrons. The van der Waals surface area contributed by atoms with E-state index in [-0.39, 0.29) is 5.91 Å². The first-order valence-electron chi connectivity index (χ1n) is 10.2. The molecule has 3 N–H and O–H groups in total. The van der Waals surface area contributed by atoms with Gasteiger partial charge in [0, 0.05) is 29.4 Å². The smallest absolute Gasteiger partial charge is 0.257 e. The van der Waals surface area contributed by atoms with Crippen LogP contribution in [0, 0.1) is 3.57 Å². The van der Waals surface area contributed by atoms with Crippen LogP contribution in [0.4, 0.5) is 17.2 Å². The minimum atomic E-state index is -0.243. The van der Waals surface area contributed by atoms with Gasteiger partial charge in [-0.05, 0) is 84.7 Å². The lowest BCUT2D eigenvalue weighted by Crippen LogP contribution is -2.32. The summed E-state index contributed by atoms with van der Waals surface area (Å²) in [6.07, 6.45) is 1.60. The zero-order chi connectivity index (χ0) is 23.1. The normalized spacial score (nSPS) is 10.8. The van der Waals surface area contributed by atoms with Crippen LogP contribution in [0.2, 0.25) is 0 Å². The first-order valence-corrected chi connectivity index (χ1v) is 11.3. The van der Waals surface area contributed by atoms with Gasteiger partial charge in [0.25, 0.3) is 5.91 Å². The standard InChI is InChI=1S/C24H28IN5O2/c1-29(2)12-13-30(16-17-4-8-20(32-3)9-5-17)23-11-6-18(15-27-23)24(31)28-22-14-19(25)7-10-21(22)26/h4-11,14-15H,12-13,16,26H2,1-3H3,(H,28,31). The molecule has 0 aliphatic heterocycles. The zero-order valence-corrected chi connectivity index (χ0v) is 20.7. The number of ether oxygens (including phenoxy) is 1. The van der Waals surface area contributed by atoms with Crippen LogP contribution in [0.3, 0.4) is 0 Å². The monoisotopic (exact) mass is 545 g/mol. The van der Waals surface area contributed by atoms with E-state index in [0.717, 1.165) is 33.8 Å². The summed E-state index contributed by atoms with van der Waals surface area (Å²) in [4.78, 5) is 21.6. The Morgan fingerprint density at radius 2 is 1.84 bits per heavy atom. The van der Waals surface area contributed by atoms with E-state index >= 15 is 0 Å². The molecular formula is C24H28IN5O2. The molecule has 0 saturated heterocycles. The maximum absolute atomic E-state index is 12.7. The number of hydrogen-bond donors (Lipinski definition) is 2. The van der Waals surface area contributed by atoms with Gasteiger partial charge in [0.1, 0.15) is 11.6 Å². The zero-order valence-electron chi connectivity index (χ0n) is 18.5. The van der Waals surface area contributed by atoms with Crippen molar-refractivity contribution in [2.45, 2.75) is 6.54 Å². The highest BCUT2D eigenvalue weighted by Gasteiger charge is 2.13. The summed E-state index contributed by atoms with van der Waals surface area (Å²) < 4.78 is 6.25. The highest BCUT2D eigenvalue weighted by atomic mass is 127. The van der Waals surface area contributed by atoms with E-state index in [1.165, 1.54) is 0 Å². The van der Waals surface area contributed by atoms with Crippen LogP contribution >= 0.6 is 22.6 Å². The Balaban J connectivity index is 1.75. The number of carbonyl (C=O) groups is 1. The minimum Gasteiger partial charge on any atom is -0.497 e. The van der Waals surface area contributed by atoms with Crippen molar-refractivity contribution in [3.8, 4) is 5.75 Å². The van der Waals surface area contributed by atoms with Crippen molar-refractivity contribution in [2.24, 2.45) is 0 Å². The SMILES string of the molecule is COc1ccc(CN(CCN(C)C)c2ccc(C(=O)Nc3cc(I)ccc3N)cn2)cc1. The number of rotatable bonds is 9. The van der Waals surface area contributed by atoms with E-state index < -0.39 is 0 Å². The second-order valence-corrected chi connectivity index (χ2v) is 8.91. The van der Waals surface area contributed by atoms with Gasteiger partial charge < -0.3 is 25.6 Å². The Hall–Kier alpha value is -2.85. The van der Waals surface area contributed by atoms with Crippen molar-refractivity contribution in [1.29, 1.82) is 0 Å². The number of likely N-dealkylation sites (N-methyl/N-ethyl adjacent to an activating group) is 1. The summed E-state index contributed by atoms with van der Waals surface area (Å²) in [5.41, 5.74) is 8.73. The molecule has 8 heteroatoms. The van der Waals surface area contributed by atoms with Crippen LogP contribution in [-0.4, -0.2) is 50.1 Å². The number of aromatic nitrogens is 1. The summed E-state index contributed by atoms with van der Waals surface area (Å²) >= 11 is 2.18. The van der Waals surface area contributed by atoms with Gasteiger partial charge >= 0.3 is 0 Å². The number of nitrogens with one attached hydrogen (secondary N) is 1. The average molecular weight is 545 g/mol. The van der Waals surface area contributed by atoms with Gasteiger partial charge in [-0.3, -0.25) is 4.79 Å². The number of anilines is 3. The number of nitrogens with zero attached hydrogens (tertiary/aromatic N) is 3. The molecule has 3 rings (SSSR count). The molecule has 1 amide bonds. The molecule has 2 aromatic carbocycles. The first-order chi connectivity index (χ1) is 15.4. The summed E-state index contributed by atoms with van der Waals surface area (Å²) in [6.45, 7) is 2.39. The van der Waals surface area contributed by atoms with E-state index in [1.807, 2.05) is 44.4 Å². The summed E-state index contributed by atoms with van der Waals surface area (Å²) in [6, 6.07) is 17.2. The Labute approximate surface area is 202 Å². The van der Waals surface area contributed by atoms with Gasteiger partial charge in [0.15, 0.2) is 0 Å². The van der Waals surface area contributed by atoms with Crippen LogP contribution < -0.4 is 20.7 Å². The molecule has 7 nitrogen and oxygen atoms in total. The quantitative estimate of drug-likeness (QED) is 0.311. The maximum Gasteiger partial charge on any atom is 0.257 e. The van der Waals surface area contributed by atoms with Gasteiger partial charge in [-0.1, -0.05) is 12.1 Å². The van der Waals surface area contributed by atoms with Crippen molar-refractivity contribution >= 4 is 45.7 Å².